The first-order valence-corrected chi connectivity index (χ1v) is 10.1. The van der Waals surface area contributed by atoms with Crippen LogP contribution in [0.3, 0.4) is 0 Å². The summed E-state index contributed by atoms with van der Waals surface area (Å²) in [5, 5.41) is 8.09. The van der Waals surface area contributed by atoms with E-state index in [1.54, 1.807) is 11.4 Å². The number of nitrogens with one attached hydrogen (secondary N) is 2. The molecule has 13 heteroatoms. The zero-order chi connectivity index (χ0) is 23.0. The number of nitrogens with two attached hydrogens (primary N) is 1. The molecule has 1 aliphatic rings. The highest BCUT2D eigenvalue weighted by Crippen LogP contribution is 2.34. The Labute approximate surface area is 174 Å². The standard InChI is InChI=1S/C18H15F3N4O5S/c19-18(20,21)17(23-14(26)12-4-2-1-3-5-12)15(27)25(16(28)24-17)10-11-6-8-13(9-7-11)31(22,29)30/h1-9H,10H2,(H,23,26)(H,24,28)(H2,22,29,30). The minimum absolute atomic E-state index is 0.148. The number of amides is 4. The summed E-state index contributed by atoms with van der Waals surface area (Å²) in [4.78, 5) is 37.2. The van der Waals surface area contributed by atoms with Gasteiger partial charge in [-0.05, 0) is 29.8 Å². The number of carbonyl (C=O) groups excluding carboxylic acids is 3. The van der Waals surface area contributed by atoms with Crippen LogP contribution >= 0.6 is 0 Å². The molecular formula is C18H15F3N4O5S. The summed E-state index contributed by atoms with van der Waals surface area (Å²) in [6.07, 6.45) is -5.35. The van der Waals surface area contributed by atoms with E-state index < -0.39 is 46.3 Å². The third-order valence-electron chi connectivity index (χ3n) is 4.46. The molecule has 0 saturated carbocycles. The average Bonchev–Trinajstić information content (AvgIpc) is 2.93. The molecule has 9 nitrogen and oxygen atoms in total. The van der Waals surface area contributed by atoms with Crippen molar-refractivity contribution >= 4 is 27.9 Å². The number of nitrogens with zero attached hydrogens (tertiary/aromatic N) is 1. The van der Waals surface area contributed by atoms with Gasteiger partial charge in [0.15, 0.2) is 0 Å². The van der Waals surface area contributed by atoms with Gasteiger partial charge in [0.1, 0.15) is 0 Å². The molecule has 2 aromatic rings. The SMILES string of the molecule is NS(=O)(=O)c1ccc(CN2C(=O)NC(NC(=O)c3ccccc3)(C(F)(F)F)C2=O)cc1. The predicted molar refractivity (Wildman–Crippen MR) is 99.6 cm³/mol. The van der Waals surface area contributed by atoms with Crippen LogP contribution in [0.1, 0.15) is 15.9 Å². The van der Waals surface area contributed by atoms with Gasteiger partial charge in [-0.1, -0.05) is 30.3 Å². The minimum Gasteiger partial charge on any atom is -0.314 e. The Morgan fingerprint density at radius 1 is 1.06 bits per heavy atom. The lowest BCUT2D eigenvalue weighted by atomic mass is 10.1. The molecular weight excluding hydrogens is 441 g/mol. The Hall–Kier alpha value is -3.45. The first-order chi connectivity index (χ1) is 14.3. The summed E-state index contributed by atoms with van der Waals surface area (Å²) in [6, 6.07) is 10.0. The zero-order valence-electron chi connectivity index (χ0n) is 15.5. The zero-order valence-corrected chi connectivity index (χ0v) is 16.3. The first kappa shape index (κ1) is 22.2. The number of hydrogen-bond donors (Lipinski definition) is 3. The van der Waals surface area contributed by atoms with Crippen molar-refractivity contribution in [3.8, 4) is 0 Å². The van der Waals surface area contributed by atoms with Crippen molar-refractivity contribution in [1.82, 2.24) is 15.5 Å². The van der Waals surface area contributed by atoms with E-state index in [0.29, 0.717) is 0 Å². The lowest BCUT2D eigenvalue weighted by molar-refractivity contribution is -0.200. The van der Waals surface area contributed by atoms with Crippen LogP contribution in [-0.2, 0) is 21.4 Å². The van der Waals surface area contributed by atoms with E-state index in [2.05, 4.69) is 0 Å². The van der Waals surface area contributed by atoms with Gasteiger partial charge in [-0.2, -0.15) is 13.2 Å². The fraction of sp³-hybridized carbons (Fsp3) is 0.167. The van der Waals surface area contributed by atoms with Crippen molar-refractivity contribution in [3.63, 3.8) is 0 Å². The molecule has 4 amide bonds. The summed E-state index contributed by atoms with van der Waals surface area (Å²) in [5.74, 6) is -2.95. The molecule has 0 spiro atoms. The second kappa shape index (κ2) is 7.67. The number of rotatable bonds is 5. The number of sulfonamides is 1. The molecule has 1 atom stereocenters. The summed E-state index contributed by atoms with van der Waals surface area (Å²) in [5.41, 5.74) is -3.65. The molecule has 1 unspecified atom stereocenters. The third kappa shape index (κ3) is 4.22. The van der Waals surface area contributed by atoms with Crippen molar-refractivity contribution in [3.05, 3.63) is 65.7 Å². The van der Waals surface area contributed by atoms with Crippen LogP contribution in [0.25, 0.3) is 0 Å². The maximum Gasteiger partial charge on any atom is 0.440 e. The van der Waals surface area contributed by atoms with Crippen molar-refractivity contribution in [1.29, 1.82) is 0 Å². The number of primary sulfonamides is 1. The topological polar surface area (TPSA) is 139 Å². The minimum atomic E-state index is -5.35. The maximum absolute atomic E-state index is 13.9. The molecule has 164 valence electrons. The highest BCUT2D eigenvalue weighted by molar-refractivity contribution is 7.89. The molecule has 1 saturated heterocycles. The molecule has 1 aliphatic heterocycles. The van der Waals surface area contributed by atoms with Gasteiger partial charge >= 0.3 is 12.2 Å². The summed E-state index contributed by atoms with van der Waals surface area (Å²) in [6.45, 7) is -0.603. The normalized spacial score (nSPS) is 19.3. The van der Waals surface area contributed by atoms with Crippen molar-refractivity contribution < 1.29 is 36.0 Å². The molecule has 0 radical (unpaired) electrons. The van der Waals surface area contributed by atoms with E-state index >= 15 is 0 Å². The molecule has 4 N–H and O–H groups in total. The van der Waals surface area contributed by atoms with E-state index in [0.717, 1.165) is 12.1 Å². The Kier molecular flexibility index (Phi) is 5.50. The maximum atomic E-state index is 13.9. The van der Waals surface area contributed by atoms with E-state index in [-0.39, 0.29) is 20.9 Å². The smallest absolute Gasteiger partial charge is 0.314 e. The molecule has 0 aliphatic carbocycles. The van der Waals surface area contributed by atoms with E-state index in [9.17, 15) is 36.0 Å². The van der Waals surface area contributed by atoms with Crippen LogP contribution in [0.4, 0.5) is 18.0 Å². The number of hydrogen-bond acceptors (Lipinski definition) is 5. The molecule has 0 bridgehead atoms. The Balaban J connectivity index is 1.89. The van der Waals surface area contributed by atoms with Crippen LogP contribution in [0.5, 0.6) is 0 Å². The van der Waals surface area contributed by atoms with E-state index in [1.165, 1.54) is 41.7 Å². The molecule has 2 aromatic carbocycles. The van der Waals surface area contributed by atoms with Crippen LogP contribution in [0, 0.1) is 0 Å². The van der Waals surface area contributed by atoms with Crippen molar-refractivity contribution in [2.45, 2.75) is 23.3 Å². The molecule has 1 heterocycles. The van der Waals surface area contributed by atoms with Crippen molar-refractivity contribution in [2.24, 2.45) is 5.14 Å². The quantitative estimate of drug-likeness (QED) is 0.578. The number of urea groups is 1. The van der Waals surface area contributed by atoms with Gasteiger partial charge in [0.2, 0.25) is 10.0 Å². The second-order valence-electron chi connectivity index (χ2n) is 6.58. The number of alkyl halides is 3. The average molecular weight is 456 g/mol. The van der Waals surface area contributed by atoms with Gasteiger partial charge in [0.05, 0.1) is 11.4 Å². The second-order valence-corrected chi connectivity index (χ2v) is 8.14. The summed E-state index contributed by atoms with van der Waals surface area (Å²) < 4.78 is 64.1. The third-order valence-corrected chi connectivity index (χ3v) is 5.39. The van der Waals surface area contributed by atoms with Crippen LogP contribution in [0.2, 0.25) is 0 Å². The Morgan fingerprint density at radius 2 is 1.65 bits per heavy atom. The van der Waals surface area contributed by atoms with Crippen molar-refractivity contribution in [2.75, 3.05) is 0 Å². The van der Waals surface area contributed by atoms with Gasteiger partial charge in [-0.3, -0.25) is 19.8 Å². The number of carbonyl (C=O) groups is 3. The highest BCUT2D eigenvalue weighted by atomic mass is 32.2. The first-order valence-electron chi connectivity index (χ1n) is 8.55. The van der Waals surface area contributed by atoms with Gasteiger partial charge in [-0.15, -0.1) is 0 Å². The number of halogens is 3. The molecule has 31 heavy (non-hydrogen) atoms. The van der Waals surface area contributed by atoms with Crippen LogP contribution in [0.15, 0.2) is 59.5 Å². The fourth-order valence-electron chi connectivity index (χ4n) is 2.87. The highest BCUT2D eigenvalue weighted by Gasteiger charge is 2.68. The Bertz CT molecular complexity index is 1140. The number of imide groups is 1. The molecule has 1 fully saturated rings. The lowest BCUT2D eigenvalue weighted by Gasteiger charge is -2.29. The summed E-state index contributed by atoms with van der Waals surface area (Å²) in [7, 11) is -4.00. The predicted octanol–water partition coefficient (Wildman–Crippen LogP) is 1.07. The lowest BCUT2D eigenvalue weighted by Crippen LogP contribution is -2.69. The van der Waals surface area contributed by atoms with Crippen LogP contribution in [-0.4, -0.2) is 43.0 Å². The Morgan fingerprint density at radius 3 is 2.16 bits per heavy atom. The fourth-order valence-corrected chi connectivity index (χ4v) is 3.38. The summed E-state index contributed by atoms with van der Waals surface area (Å²) >= 11 is 0. The van der Waals surface area contributed by atoms with Crippen LogP contribution < -0.4 is 15.8 Å². The van der Waals surface area contributed by atoms with Gasteiger partial charge < -0.3 is 5.32 Å². The molecule has 3 rings (SSSR count). The van der Waals surface area contributed by atoms with Gasteiger partial charge in [0.25, 0.3) is 17.5 Å². The largest absolute Gasteiger partial charge is 0.440 e. The number of benzene rings is 2. The van der Waals surface area contributed by atoms with E-state index in [4.69, 9.17) is 5.14 Å². The van der Waals surface area contributed by atoms with Gasteiger partial charge in [-0.25, -0.2) is 18.4 Å². The van der Waals surface area contributed by atoms with Gasteiger partial charge in [0, 0.05) is 5.56 Å². The monoisotopic (exact) mass is 456 g/mol. The molecule has 0 aromatic heterocycles. The van der Waals surface area contributed by atoms with E-state index in [1.807, 2.05) is 0 Å².